The quantitative estimate of drug-likeness (QED) is 0.327. The van der Waals surface area contributed by atoms with Gasteiger partial charge >= 0.3 is 0 Å². The molecule has 0 spiro atoms. The minimum Gasteiger partial charge on any atom is -0.497 e. The van der Waals surface area contributed by atoms with Crippen LogP contribution >= 0.6 is 15.9 Å². The Bertz CT molecular complexity index is 1350. The van der Waals surface area contributed by atoms with E-state index < -0.39 is 0 Å². The van der Waals surface area contributed by atoms with Gasteiger partial charge in [0.2, 0.25) is 0 Å². The van der Waals surface area contributed by atoms with Gasteiger partial charge in [-0.15, -0.1) is 0 Å². The number of para-hydroxylation sites is 1. The number of nitrogens with zero attached hydrogens (tertiary/aromatic N) is 3. The van der Waals surface area contributed by atoms with Gasteiger partial charge in [-0.05, 0) is 47.5 Å². The number of fused-ring (bicyclic) bond motifs is 1. The van der Waals surface area contributed by atoms with Crippen LogP contribution < -0.4 is 9.47 Å². The molecular formula is C27H22BrN3O3. The molecule has 2 heterocycles. The Kier molecular flexibility index (Phi) is 6.27. The van der Waals surface area contributed by atoms with E-state index in [2.05, 4.69) is 20.9 Å². The van der Waals surface area contributed by atoms with E-state index in [1.165, 1.54) is 5.01 Å². The molecule has 1 aromatic heterocycles. The first-order valence-corrected chi connectivity index (χ1v) is 11.7. The SMILES string of the molecule is COc1ccc(C2CC(c3ccc(Br)cc3)=NN2C(=O)COc2cccc3cccnc23)cc1. The van der Waals surface area contributed by atoms with Crippen molar-refractivity contribution in [1.29, 1.82) is 0 Å². The van der Waals surface area contributed by atoms with E-state index in [1.54, 1.807) is 13.3 Å². The zero-order valence-corrected chi connectivity index (χ0v) is 20.1. The van der Waals surface area contributed by atoms with Gasteiger partial charge < -0.3 is 9.47 Å². The summed E-state index contributed by atoms with van der Waals surface area (Å²) >= 11 is 3.47. The molecule has 34 heavy (non-hydrogen) atoms. The molecule has 1 aliphatic heterocycles. The minimum absolute atomic E-state index is 0.139. The topological polar surface area (TPSA) is 64.0 Å². The number of amides is 1. The molecule has 0 fully saturated rings. The van der Waals surface area contributed by atoms with E-state index in [1.807, 2.05) is 78.9 Å². The molecular weight excluding hydrogens is 494 g/mol. The second-order valence-corrected chi connectivity index (χ2v) is 8.82. The van der Waals surface area contributed by atoms with E-state index in [4.69, 9.17) is 14.6 Å². The largest absolute Gasteiger partial charge is 0.497 e. The van der Waals surface area contributed by atoms with Gasteiger partial charge in [-0.1, -0.05) is 58.4 Å². The number of methoxy groups -OCH3 is 1. The molecule has 1 unspecified atom stereocenters. The predicted octanol–water partition coefficient (Wildman–Crippen LogP) is 5.76. The zero-order chi connectivity index (χ0) is 23.5. The maximum Gasteiger partial charge on any atom is 0.281 e. The molecule has 0 saturated carbocycles. The average molecular weight is 516 g/mol. The van der Waals surface area contributed by atoms with Crippen molar-refractivity contribution in [3.8, 4) is 11.5 Å². The van der Waals surface area contributed by atoms with Crippen LogP contribution in [-0.4, -0.2) is 35.3 Å². The number of hydrogen-bond acceptors (Lipinski definition) is 5. The van der Waals surface area contributed by atoms with Gasteiger partial charge in [0.15, 0.2) is 6.61 Å². The number of hydrazone groups is 1. The summed E-state index contributed by atoms with van der Waals surface area (Å²) in [7, 11) is 1.63. The zero-order valence-electron chi connectivity index (χ0n) is 18.5. The first-order valence-electron chi connectivity index (χ1n) is 10.9. The number of benzene rings is 3. The van der Waals surface area contributed by atoms with Crippen molar-refractivity contribution in [2.75, 3.05) is 13.7 Å². The van der Waals surface area contributed by atoms with Crippen LogP contribution in [0.25, 0.3) is 10.9 Å². The first kappa shape index (κ1) is 22.1. The van der Waals surface area contributed by atoms with Crippen molar-refractivity contribution in [2.24, 2.45) is 5.10 Å². The molecule has 0 radical (unpaired) electrons. The lowest BCUT2D eigenvalue weighted by molar-refractivity contribution is -0.135. The monoisotopic (exact) mass is 515 g/mol. The lowest BCUT2D eigenvalue weighted by Crippen LogP contribution is -2.31. The summed E-state index contributed by atoms with van der Waals surface area (Å²) in [5.74, 6) is 1.12. The van der Waals surface area contributed by atoms with Crippen molar-refractivity contribution in [2.45, 2.75) is 12.5 Å². The van der Waals surface area contributed by atoms with E-state index in [9.17, 15) is 4.79 Å². The van der Waals surface area contributed by atoms with Gasteiger partial charge in [0.05, 0.1) is 18.9 Å². The molecule has 0 bridgehead atoms. The van der Waals surface area contributed by atoms with Crippen molar-refractivity contribution < 1.29 is 14.3 Å². The number of rotatable bonds is 6. The van der Waals surface area contributed by atoms with Crippen LogP contribution in [-0.2, 0) is 4.79 Å². The second kappa shape index (κ2) is 9.65. The van der Waals surface area contributed by atoms with Crippen molar-refractivity contribution in [1.82, 2.24) is 9.99 Å². The van der Waals surface area contributed by atoms with E-state index in [0.717, 1.165) is 38.0 Å². The summed E-state index contributed by atoms with van der Waals surface area (Å²) in [5.41, 5.74) is 3.55. The summed E-state index contributed by atoms with van der Waals surface area (Å²) in [5, 5.41) is 7.22. The van der Waals surface area contributed by atoms with Gasteiger partial charge in [-0.25, -0.2) is 5.01 Å². The molecule has 0 aliphatic carbocycles. The highest BCUT2D eigenvalue weighted by Gasteiger charge is 2.33. The molecule has 1 aliphatic rings. The fourth-order valence-corrected chi connectivity index (χ4v) is 4.31. The molecule has 170 valence electrons. The third-order valence-corrected chi connectivity index (χ3v) is 6.32. The van der Waals surface area contributed by atoms with Crippen LogP contribution in [0, 0.1) is 0 Å². The summed E-state index contributed by atoms with van der Waals surface area (Å²) in [4.78, 5) is 17.7. The molecule has 3 aromatic carbocycles. The molecule has 6 nitrogen and oxygen atoms in total. The maximum absolute atomic E-state index is 13.3. The van der Waals surface area contributed by atoms with Crippen LogP contribution in [0.3, 0.4) is 0 Å². The Morgan fingerprint density at radius 2 is 1.79 bits per heavy atom. The lowest BCUT2D eigenvalue weighted by Gasteiger charge is -2.22. The van der Waals surface area contributed by atoms with Gasteiger partial charge in [0.25, 0.3) is 5.91 Å². The number of hydrogen-bond donors (Lipinski definition) is 0. The van der Waals surface area contributed by atoms with Crippen molar-refractivity contribution in [3.63, 3.8) is 0 Å². The highest BCUT2D eigenvalue weighted by atomic mass is 79.9. The van der Waals surface area contributed by atoms with E-state index in [0.29, 0.717) is 12.2 Å². The molecule has 1 amide bonds. The summed E-state index contributed by atoms with van der Waals surface area (Å²) in [6.45, 7) is -0.139. The summed E-state index contributed by atoms with van der Waals surface area (Å²) in [6, 6.07) is 25.0. The fraction of sp³-hybridized carbons (Fsp3) is 0.148. The highest BCUT2D eigenvalue weighted by molar-refractivity contribution is 9.10. The van der Waals surface area contributed by atoms with Crippen LogP contribution in [0.4, 0.5) is 0 Å². The fourth-order valence-electron chi connectivity index (χ4n) is 4.04. The summed E-state index contributed by atoms with van der Waals surface area (Å²) < 4.78 is 12.2. The predicted molar refractivity (Wildman–Crippen MR) is 135 cm³/mol. The number of pyridine rings is 1. The molecule has 0 N–H and O–H groups in total. The number of halogens is 1. The normalized spacial score (nSPS) is 15.3. The van der Waals surface area contributed by atoms with Crippen molar-refractivity contribution >= 4 is 38.5 Å². The molecule has 5 rings (SSSR count). The van der Waals surface area contributed by atoms with Gasteiger partial charge in [-0.3, -0.25) is 9.78 Å². The number of aromatic nitrogens is 1. The maximum atomic E-state index is 13.3. The average Bonchev–Trinajstić information content (AvgIpc) is 3.33. The molecule has 4 aromatic rings. The Morgan fingerprint density at radius 3 is 2.56 bits per heavy atom. The second-order valence-electron chi connectivity index (χ2n) is 7.90. The minimum atomic E-state index is -0.230. The molecule has 7 heteroatoms. The lowest BCUT2D eigenvalue weighted by atomic mass is 9.98. The van der Waals surface area contributed by atoms with Crippen LogP contribution in [0.5, 0.6) is 11.5 Å². The molecule has 0 saturated heterocycles. The first-order chi connectivity index (χ1) is 16.6. The Labute approximate surface area is 206 Å². The standard InChI is InChI=1S/C27H22BrN3O3/c1-33-22-13-9-19(10-14-22)24-16-23(18-7-11-21(28)12-8-18)30-31(24)26(32)17-34-25-6-2-4-20-5-3-15-29-27(20)25/h2-15,24H,16-17H2,1H3. The third-order valence-electron chi connectivity index (χ3n) is 5.79. The van der Waals surface area contributed by atoms with Crippen LogP contribution in [0.1, 0.15) is 23.6 Å². The van der Waals surface area contributed by atoms with Gasteiger partial charge in [0.1, 0.15) is 17.0 Å². The highest BCUT2D eigenvalue weighted by Crippen LogP contribution is 2.34. The Morgan fingerprint density at radius 1 is 1.03 bits per heavy atom. The van der Waals surface area contributed by atoms with Gasteiger partial charge in [0, 0.05) is 22.5 Å². The molecule has 1 atom stereocenters. The van der Waals surface area contributed by atoms with Crippen LogP contribution in [0.2, 0.25) is 0 Å². The van der Waals surface area contributed by atoms with E-state index >= 15 is 0 Å². The number of ether oxygens (including phenoxy) is 2. The Balaban J connectivity index is 1.41. The van der Waals surface area contributed by atoms with E-state index in [-0.39, 0.29) is 18.6 Å². The van der Waals surface area contributed by atoms with Gasteiger partial charge in [-0.2, -0.15) is 5.10 Å². The summed E-state index contributed by atoms with van der Waals surface area (Å²) in [6.07, 6.45) is 2.32. The smallest absolute Gasteiger partial charge is 0.281 e. The Hall–Kier alpha value is -3.71. The number of carbonyl (C=O) groups excluding carboxylic acids is 1. The third kappa shape index (κ3) is 4.52. The number of carbonyl (C=O) groups is 1. The van der Waals surface area contributed by atoms with Crippen molar-refractivity contribution in [3.05, 3.63) is 101 Å². The van der Waals surface area contributed by atoms with Crippen LogP contribution in [0.15, 0.2) is 94.6 Å².